The third kappa shape index (κ3) is 3.66. The van der Waals surface area contributed by atoms with Crippen molar-refractivity contribution in [2.45, 2.75) is 19.3 Å². The van der Waals surface area contributed by atoms with Crippen LogP contribution in [0.5, 0.6) is 0 Å². The second kappa shape index (κ2) is 7.75. The molecule has 1 atom stereocenters. The first kappa shape index (κ1) is 18.7. The Morgan fingerprint density at radius 3 is 2.75 bits per heavy atom. The summed E-state index contributed by atoms with van der Waals surface area (Å²) in [7, 11) is 3.93. The molecule has 3 heterocycles. The Morgan fingerprint density at radius 2 is 2.00 bits per heavy atom. The van der Waals surface area contributed by atoms with E-state index < -0.39 is 0 Å². The topological polar surface area (TPSA) is 94.8 Å². The van der Waals surface area contributed by atoms with Crippen LogP contribution in [-0.2, 0) is 9.59 Å². The van der Waals surface area contributed by atoms with Gasteiger partial charge in [0.25, 0.3) is 0 Å². The number of hydrogen-bond acceptors (Lipinski definition) is 7. The van der Waals surface area contributed by atoms with Crippen molar-refractivity contribution in [3.63, 3.8) is 0 Å². The number of nitrogens with zero attached hydrogens (tertiary/aromatic N) is 5. The van der Waals surface area contributed by atoms with Crippen molar-refractivity contribution in [1.82, 2.24) is 20.1 Å². The molecule has 0 bridgehead atoms. The second-order valence-electron chi connectivity index (χ2n) is 7.82. The molecular weight excluding hydrogens is 360 g/mol. The Bertz CT molecular complexity index is 874. The molecule has 28 heavy (non-hydrogen) atoms. The zero-order chi connectivity index (χ0) is 19.7. The summed E-state index contributed by atoms with van der Waals surface area (Å²) in [6.07, 6.45) is 2.56. The molecular formula is C19H26N6O3. The number of likely N-dealkylation sites (tertiary alicyclic amines) is 1. The van der Waals surface area contributed by atoms with Gasteiger partial charge < -0.3 is 20.0 Å². The van der Waals surface area contributed by atoms with E-state index in [-0.39, 0.29) is 24.2 Å². The number of likely N-dealkylation sites (N-methyl/N-ethyl adjacent to an activating group) is 1. The first-order valence-corrected chi connectivity index (χ1v) is 9.76. The quantitative estimate of drug-likeness (QED) is 0.796. The number of benzene rings is 1. The molecule has 2 fully saturated rings. The van der Waals surface area contributed by atoms with Crippen LogP contribution in [0.25, 0.3) is 11.0 Å². The van der Waals surface area contributed by atoms with Gasteiger partial charge >= 0.3 is 0 Å². The lowest BCUT2D eigenvalue weighted by Gasteiger charge is -2.19. The summed E-state index contributed by atoms with van der Waals surface area (Å²) in [5.41, 5.74) is 2.77. The summed E-state index contributed by atoms with van der Waals surface area (Å²) in [4.78, 5) is 31.0. The van der Waals surface area contributed by atoms with E-state index in [9.17, 15) is 9.59 Å². The highest BCUT2D eigenvalue weighted by molar-refractivity contribution is 6.04. The van der Waals surface area contributed by atoms with Crippen LogP contribution in [0.1, 0.15) is 19.3 Å². The van der Waals surface area contributed by atoms with E-state index in [4.69, 9.17) is 4.63 Å². The van der Waals surface area contributed by atoms with Crippen LogP contribution >= 0.6 is 0 Å². The van der Waals surface area contributed by atoms with Crippen molar-refractivity contribution >= 4 is 34.2 Å². The van der Waals surface area contributed by atoms with Gasteiger partial charge in [0.15, 0.2) is 11.0 Å². The lowest BCUT2D eigenvalue weighted by atomic mass is 10.1. The minimum Gasteiger partial charge on any atom is -0.370 e. The molecule has 2 aliphatic rings. The number of carbonyl (C=O) groups is 2. The normalized spacial score (nSPS) is 20.0. The number of hydrogen-bond donors (Lipinski definition) is 1. The zero-order valence-electron chi connectivity index (χ0n) is 16.3. The van der Waals surface area contributed by atoms with Crippen molar-refractivity contribution in [3.05, 3.63) is 12.1 Å². The minimum absolute atomic E-state index is 0.0274. The lowest BCUT2D eigenvalue weighted by molar-refractivity contribution is -0.128. The third-order valence-corrected chi connectivity index (χ3v) is 5.50. The Labute approximate surface area is 163 Å². The van der Waals surface area contributed by atoms with Crippen LogP contribution in [0.2, 0.25) is 0 Å². The van der Waals surface area contributed by atoms with Crippen molar-refractivity contribution in [2.24, 2.45) is 5.92 Å². The van der Waals surface area contributed by atoms with E-state index in [2.05, 4.69) is 20.5 Å². The number of amides is 2. The summed E-state index contributed by atoms with van der Waals surface area (Å²) in [5.74, 6) is -0.499. The molecule has 9 heteroatoms. The Morgan fingerprint density at radius 1 is 1.25 bits per heavy atom. The molecule has 0 spiro atoms. The Kier molecular flexibility index (Phi) is 5.17. The first-order chi connectivity index (χ1) is 13.5. The predicted molar refractivity (Wildman–Crippen MR) is 105 cm³/mol. The highest BCUT2D eigenvalue weighted by atomic mass is 16.6. The smallest absolute Gasteiger partial charge is 0.229 e. The van der Waals surface area contributed by atoms with Gasteiger partial charge in [0.2, 0.25) is 11.8 Å². The van der Waals surface area contributed by atoms with Gasteiger partial charge in [-0.25, -0.2) is 4.63 Å². The Balaban J connectivity index is 1.46. The maximum Gasteiger partial charge on any atom is 0.229 e. The van der Waals surface area contributed by atoms with Gasteiger partial charge in [0, 0.05) is 39.1 Å². The van der Waals surface area contributed by atoms with E-state index in [1.54, 1.807) is 4.90 Å². The molecule has 2 aromatic rings. The Hall–Kier alpha value is -2.68. The van der Waals surface area contributed by atoms with Crippen molar-refractivity contribution in [3.8, 4) is 0 Å². The SMILES string of the molecule is CN(C)CCN1CC(C(=O)Nc2ccc(N3CCCC3)c3nonc23)CC1=O. The van der Waals surface area contributed by atoms with Gasteiger partial charge in [-0.05, 0) is 49.4 Å². The fraction of sp³-hybridized carbons (Fsp3) is 0.579. The van der Waals surface area contributed by atoms with Gasteiger partial charge in [-0.3, -0.25) is 9.59 Å². The van der Waals surface area contributed by atoms with E-state index in [0.29, 0.717) is 29.8 Å². The van der Waals surface area contributed by atoms with E-state index in [1.165, 1.54) is 0 Å². The minimum atomic E-state index is -0.358. The maximum atomic E-state index is 12.8. The van der Waals surface area contributed by atoms with Crippen LogP contribution in [0, 0.1) is 5.92 Å². The zero-order valence-corrected chi connectivity index (χ0v) is 16.3. The van der Waals surface area contributed by atoms with Gasteiger partial charge in [-0.2, -0.15) is 0 Å². The molecule has 1 N–H and O–H groups in total. The number of nitrogens with one attached hydrogen (secondary N) is 1. The molecule has 0 aliphatic carbocycles. The summed E-state index contributed by atoms with van der Waals surface area (Å²) in [6.45, 7) is 3.84. The number of carbonyl (C=O) groups excluding carboxylic acids is 2. The van der Waals surface area contributed by atoms with Crippen LogP contribution in [0.3, 0.4) is 0 Å². The maximum absolute atomic E-state index is 12.8. The van der Waals surface area contributed by atoms with Crippen LogP contribution in [0.4, 0.5) is 11.4 Å². The van der Waals surface area contributed by atoms with Gasteiger partial charge in [0.05, 0.1) is 17.3 Å². The molecule has 1 aromatic carbocycles. The predicted octanol–water partition coefficient (Wildman–Crippen LogP) is 1.17. The largest absolute Gasteiger partial charge is 0.370 e. The lowest BCUT2D eigenvalue weighted by Crippen LogP contribution is -2.34. The highest BCUT2D eigenvalue weighted by Gasteiger charge is 2.34. The summed E-state index contributed by atoms with van der Waals surface area (Å²) in [6, 6.07) is 3.80. The molecule has 1 unspecified atom stereocenters. The molecule has 9 nitrogen and oxygen atoms in total. The summed E-state index contributed by atoms with van der Waals surface area (Å²) < 4.78 is 4.96. The van der Waals surface area contributed by atoms with E-state index in [1.807, 2.05) is 31.1 Å². The van der Waals surface area contributed by atoms with Crippen molar-refractivity contribution in [1.29, 1.82) is 0 Å². The molecule has 1 aromatic heterocycles. The second-order valence-corrected chi connectivity index (χ2v) is 7.82. The molecule has 4 rings (SSSR count). The average molecular weight is 386 g/mol. The van der Waals surface area contributed by atoms with Gasteiger partial charge in [-0.1, -0.05) is 0 Å². The fourth-order valence-electron chi connectivity index (χ4n) is 3.89. The standard InChI is InChI=1S/C19H26N6O3/c1-23(2)9-10-25-12-13(11-16(25)26)19(27)20-14-5-6-15(24-7-3-4-8-24)18-17(14)21-28-22-18/h5-6,13H,3-4,7-12H2,1-2H3,(H,20,27). The van der Waals surface area contributed by atoms with Crippen molar-refractivity contribution < 1.29 is 14.2 Å². The number of anilines is 2. The van der Waals surface area contributed by atoms with Crippen molar-refractivity contribution in [2.75, 3.05) is 57.0 Å². The number of fused-ring (bicyclic) bond motifs is 1. The molecule has 150 valence electrons. The number of rotatable bonds is 6. The fourth-order valence-corrected chi connectivity index (χ4v) is 3.89. The van der Waals surface area contributed by atoms with Gasteiger partial charge in [-0.15, -0.1) is 0 Å². The van der Waals surface area contributed by atoms with E-state index in [0.717, 1.165) is 38.2 Å². The molecule has 2 saturated heterocycles. The molecule has 2 amide bonds. The first-order valence-electron chi connectivity index (χ1n) is 9.76. The summed E-state index contributed by atoms with van der Waals surface area (Å²) in [5, 5.41) is 11.0. The number of aromatic nitrogens is 2. The average Bonchev–Trinajstić information content (AvgIpc) is 3.41. The van der Waals surface area contributed by atoms with Crippen LogP contribution in [-0.4, -0.2) is 78.7 Å². The van der Waals surface area contributed by atoms with Crippen LogP contribution < -0.4 is 10.2 Å². The molecule has 2 aliphatic heterocycles. The van der Waals surface area contributed by atoms with Crippen LogP contribution in [0.15, 0.2) is 16.8 Å². The molecule has 0 saturated carbocycles. The highest BCUT2D eigenvalue weighted by Crippen LogP contribution is 2.32. The molecule has 0 radical (unpaired) electrons. The van der Waals surface area contributed by atoms with E-state index >= 15 is 0 Å². The monoisotopic (exact) mass is 386 g/mol. The third-order valence-electron chi connectivity index (χ3n) is 5.50. The summed E-state index contributed by atoms with van der Waals surface area (Å²) >= 11 is 0. The van der Waals surface area contributed by atoms with Gasteiger partial charge in [0.1, 0.15) is 0 Å².